The van der Waals surface area contributed by atoms with Gasteiger partial charge in [0.25, 0.3) is 0 Å². The lowest BCUT2D eigenvalue weighted by Crippen LogP contribution is -2.44. The summed E-state index contributed by atoms with van der Waals surface area (Å²) in [6.07, 6.45) is 2.47. The number of rotatable bonds is 5. The van der Waals surface area contributed by atoms with E-state index in [9.17, 15) is 0 Å². The van der Waals surface area contributed by atoms with Gasteiger partial charge in [0.15, 0.2) is 0 Å². The second-order valence-electron chi connectivity index (χ2n) is 6.44. The lowest BCUT2D eigenvalue weighted by Gasteiger charge is -2.34. The second kappa shape index (κ2) is 7.88. The Kier molecular flexibility index (Phi) is 5.85. The molecule has 3 nitrogen and oxygen atoms in total. The first-order valence-electron chi connectivity index (χ1n) is 8.29. The van der Waals surface area contributed by atoms with Gasteiger partial charge >= 0.3 is 0 Å². The van der Waals surface area contributed by atoms with E-state index in [1.807, 2.05) is 6.07 Å². The van der Waals surface area contributed by atoms with Gasteiger partial charge in [-0.3, -0.25) is 0 Å². The van der Waals surface area contributed by atoms with Crippen molar-refractivity contribution < 1.29 is 0 Å². The summed E-state index contributed by atoms with van der Waals surface area (Å²) in [4.78, 5) is 7.34. The fourth-order valence-corrected chi connectivity index (χ4v) is 4.23. The maximum absolute atomic E-state index is 4.77. The highest BCUT2D eigenvalue weighted by molar-refractivity contribution is 9.10. The third-order valence-electron chi connectivity index (χ3n) is 4.46. The lowest BCUT2D eigenvalue weighted by molar-refractivity contribution is 0.160. The van der Waals surface area contributed by atoms with Crippen LogP contribution < -0.4 is 5.32 Å². The summed E-state index contributed by atoms with van der Waals surface area (Å²) in [7, 11) is 0. The molecule has 3 rings (SSSR count). The predicted molar refractivity (Wildman–Crippen MR) is 102 cm³/mol. The van der Waals surface area contributed by atoms with Crippen LogP contribution in [0.5, 0.6) is 0 Å². The molecule has 2 heterocycles. The average Bonchev–Trinajstić information content (AvgIpc) is 3.02. The smallest absolute Gasteiger partial charge is 0.123 e. The summed E-state index contributed by atoms with van der Waals surface area (Å²) in [5.41, 5.74) is 2.33. The van der Waals surface area contributed by atoms with Gasteiger partial charge in [-0.1, -0.05) is 28.1 Å². The number of thiazole rings is 1. The van der Waals surface area contributed by atoms with Crippen molar-refractivity contribution in [2.24, 2.45) is 0 Å². The molecule has 1 fully saturated rings. The molecule has 0 atom stereocenters. The normalized spacial score (nSPS) is 17.0. The molecule has 0 unspecified atom stereocenters. The Balaban J connectivity index is 1.52. The van der Waals surface area contributed by atoms with E-state index in [0.29, 0.717) is 12.1 Å². The minimum atomic E-state index is 0.626. The van der Waals surface area contributed by atoms with Crippen LogP contribution in [0.25, 0.3) is 10.6 Å². The molecular weight excluding hydrogens is 370 g/mol. The monoisotopic (exact) mass is 393 g/mol. The van der Waals surface area contributed by atoms with Crippen LogP contribution in [0.1, 0.15) is 32.4 Å². The molecule has 23 heavy (non-hydrogen) atoms. The van der Waals surface area contributed by atoms with Gasteiger partial charge < -0.3 is 10.2 Å². The predicted octanol–water partition coefficient (Wildman–Crippen LogP) is 4.54. The van der Waals surface area contributed by atoms with Crippen LogP contribution in [-0.4, -0.2) is 35.1 Å². The van der Waals surface area contributed by atoms with Crippen molar-refractivity contribution in [3.8, 4) is 10.6 Å². The maximum Gasteiger partial charge on any atom is 0.123 e. The van der Waals surface area contributed by atoms with Crippen LogP contribution in [0.3, 0.4) is 0 Å². The van der Waals surface area contributed by atoms with Crippen LogP contribution >= 0.6 is 27.3 Å². The zero-order valence-electron chi connectivity index (χ0n) is 13.8. The topological polar surface area (TPSA) is 28.2 Å². The number of likely N-dealkylation sites (tertiary alicyclic amines) is 1. The maximum atomic E-state index is 4.77. The Labute approximate surface area is 151 Å². The van der Waals surface area contributed by atoms with E-state index in [0.717, 1.165) is 21.7 Å². The summed E-state index contributed by atoms with van der Waals surface area (Å²) in [5, 5.41) is 6.95. The minimum Gasteiger partial charge on any atom is -0.308 e. The van der Waals surface area contributed by atoms with Crippen molar-refractivity contribution in [2.75, 3.05) is 13.1 Å². The van der Waals surface area contributed by atoms with Crippen LogP contribution in [0.2, 0.25) is 0 Å². The highest BCUT2D eigenvalue weighted by Gasteiger charge is 2.20. The number of benzene rings is 1. The fourth-order valence-electron chi connectivity index (χ4n) is 3.01. The van der Waals surface area contributed by atoms with E-state index in [2.05, 4.69) is 63.6 Å². The molecule has 0 aliphatic carbocycles. The van der Waals surface area contributed by atoms with E-state index in [1.54, 1.807) is 11.3 Å². The molecule has 0 spiro atoms. The van der Waals surface area contributed by atoms with Gasteiger partial charge in [-0.25, -0.2) is 4.98 Å². The first kappa shape index (κ1) is 17.1. The van der Waals surface area contributed by atoms with Crippen LogP contribution in [0, 0.1) is 0 Å². The Morgan fingerprint density at radius 2 is 2.13 bits per heavy atom. The molecule has 124 valence electrons. The SMILES string of the molecule is CC(C)N1CCC(NCc2csc(-c3cccc(Br)c3)n2)CC1. The van der Waals surface area contributed by atoms with Gasteiger partial charge in [0, 0.05) is 34.0 Å². The Morgan fingerprint density at radius 3 is 2.83 bits per heavy atom. The second-order valence-corrected chi connectivity index (χ2v) is 8.21. The first-order valence-corrected chi connectivity index (χ1v) is 9.97. The highest BCUT2D eigenvalue weighted by atomic mass is 79.9. The first-order chi connectivity index (χ1) is 11.1. The largest absolute Gasteiger partial charge is 0.308 e. The van der Waals surface area contributed by atoms with Crippen molar-refractivity contribution in [2.45, 2.75) is 45.3 Å². The number of piperidine rings is 1. The minimum absolute atomic E-state index is 0.626. The number of aromatic nitrogens is 1. The van der Waals surface area contributed by atoms with E-state index >= 15 is 0 Å². The molecule has 0 radical (unpaired) electrons. The molecule has 1 aromatic heterocycles. The highest BCUT2D eigenvalue weighted by Crippen LogP contribution is 2.26. The van der Waals surface area contributed by atoms with Gasteiger partial charge in [-0.2, -0.15) is 0 Å². The molecule has 1 aromatic carbocycles. The third-order valence-corrected chi connectivity index (χ3v) is 5.89. The van der Waals surface area contributed by atoms with Crippen LogP contribution in [-0.2, 0) is 6.54 Å². The molecular formula is C18H24BrN3S. The Morgan fingerprint density at radius 1 is 1.35 bits per heavy atom. The van der Waals surface area contributed by atoms with Crippen LogP contribution in [0.4, 0.5) is 0 Å². The Hall–Kier alpha value is -0.750. The van der Waals surface area contributed by atoms with Crippen LogP contribution in [0.15, 0.2) is 34.1 Å². The van der Waals surface area contributed by atoms with Crippen molar-refractivity contribution in [1.29, 1.82) is 0 Å². The molecule has 1 aliphatic rings. The zero-order valence-corrected chi connectivity index (χ0v) is 16.2. The summed E-state index contributed by atoms with van der Waals surface area (Å²) in [5.74, 6) is 0. The number of halogens is 1. The lowest BCUT2D eigenvalue weighted by atomic mass is 10.0. The molecule has 1 N–H and O–H groups in total. The van der Waals surface area contributed by atoms with E-state index in [-0.39, 0.29) is 0 Å². The quantitative estimate of drug-likeness (QED) is 0.808. The molecule has 1 saturated heterocycles. The van der Waals surface area contributed by atoms with E-state index < -0.39 is 0 Å². The summed E-state index contributed by atoms with van der Waals surface area (Å²) >= 11 is 5.25. The van der Waals surface area contributed by atoms with Gasteiger partial charge in [-0.05, 0) is 51.9 Å². The van der Waals surface area contributed by atoms with Gasteiger partial charge in [0.2, 0.25) is 0 Å². The van der Waals surface area contributed by atoms with Crippen molar-refractivity contribution >= 4 is 27.3 Å². The van der Waals surface area contributed by atoms with Gasteiger partial charge in [0.05, 0.1) is 5.69 Å². The van der Waals surface area contributed by atoms with Crippen molar-refractivity contribution in [3.05, 3.63) is 39.8 Å². The van der Waals surface area contributed by atoms with Crippen molar-refractivity contribution in [3.63, 3.8) is 0 Å². The number of nitrogens with zero attached hydrogens (tertiary/aromatic N) is 2. The van der Waals surface area contributed by atoms with Crippen molar-refractivity contribution in [1.82, 2.24) is 15.2 Å². The zero-order chi connectivity index (χ0) is 16.2. The molecule has 0 bridgehead atoms. The van der Waals surface area contributed by atoms with Gasteiger partial charge in [-0.15, -0.1) is 11.3 Å². The summed E-state index contributed by atoms with van der Waals surface area (Å²) in [6.45, 7) is 7.85. The standard InChI is InChI=1S/C18H24BrN3S/c1-13(2)22-8-6-16(7-9-22)20-11-17-12-23-18(21-17)14-4-3-5-15(19)10-14/h3-5,10,12-13,16,20H,6-9,11H2,1-2H3. The summed E-state index contributed by atoms with van der Waals surface area (Å²) in [6, 6.07) is 9.63. The average molecular weight is 394 g/mol. The number of nitrogens with one attached hydrogen (secondary N) is 1. The molecule has 0 amide bonds. The number of hydrogen-bond donors (Lipinski definition) is 1. The van der Waals surface area contributed by atoms with Gasteiger partial charge in [0.1, 0.15) is 5.01 Å². The third kappa shape index (κ3) is 4.63. The molecule has 0 saturated carbocycles. The van der Waals surface area contributed by atoms with E-state index in [1.165, 1.54) is 31.5 Å². The molecule has 5 heteroatoms. The number of hydrogen-bond acceptors (Lipinski definition) is 4. The Bertz CT molecular complexity index is 633. The van der Waals surface area contributed by atoms with E-state index in [4.69, 9.17) is 4.98 Å². The fraction of sp³-hybridized carbons (Fsp3) is 0.500. The molecule has 1 aliphatic heterocycles. The molecule has 2 aromatic rings. The summed E-state index contributed by atoms with van der Waals surface area (Å²) < 4.78 is 1.10.